The second kappa shape index (κ2) is 12.4. The molecule has 0 saturated heterocycles. The summed E-state index contributed by atoms with van der Waals surface area (Å²) in [7, 11) is 3.13. The molecule has 1 amide bonds. The van der Waals surface area contributed by atoms with Crippen molar-refractivity contribution in [3.63, 3.8) is 0 Å². The molecule has 0 radical (unpaired) electrons. The summed E-state index contributed by atoms with van der Waals surface area (Å²) in [6.07, 6.45) is 0. The number of nitrogens with zero attached hydrogens (tertiary/aromatic N) is 2. The van der Waals surface area contributed by atoms with Crippen molar-refractivity contribution in [2.45, 2.75) is 17.2 Å². The van der Waals surface area contributed by atoms with E-state index in [4.69, 9.17) is 26.1 Å². The van der Waals surface area contributed by atoms with Gasteiger partial charge in [0.05, 0.1) is 30.7 Å². The predicted molar refractivity (Wildman–Crippen MR) is 156 cm³/mol. The van der Waals surface area contributed by atoms with Gasteiger partial charge in [-0.1, -0.05) is 57.5 Å². The quantitative estimate of drug-likeness (QED) is 0.205. The number of carbonyl (C=O) groups is 1. The van der Waals surface area contributed by atoms with Gasteiger partial charge in [0.2, 0.25) is 5.91 Å². The van der Waals surface area contributed by atoms with Crippen molar-refractivity contribution in [3.05, 3.63) is 87.9 Å². The molecule has 0 spiro atoms. The van der Waals surface area contributed by atoms with Crippen LogP contribution in [0, 0.1) is 11.3 Å². The summed E-state index contributed by atoms with van der Waals surface area (Å²) in [5.41, 5.74) is 3.94. The number of nitrogens with one attached hydrogen (secondary N) is 1. The number of carbonyl (C=O) groups excluding carboxylic acids is 1. The van der Waals surface area contributed by atoms with Gasteiger partial charge in [0, 0.05) is 26.3 Å². The molecule has 1 atom stereocenters. The van der Waals surface area contributed by atoms with E-state index in [0.717, 1.165) is 15.6 Å². The molecule has 0 aliphatic heterocycles. The van der Waals surface area contributed by atoms with Crippen LogP contribution in [-0.2, 0) is 4.79 Å². The van der Waals surface area contributed by atoms with Crippen LogP contribution >= 0.6 is 39.3 Å². The first-order valence-corrected chi connectivity index (χ1v) is 13.5. The monoisotopic (exact) mass is 607 g/mol. The topological polar surface area (TPSA) is 84.2 Å². The Morgan fingerprint density at radius 2 is 1.66 bits per heavy atom. The van der Waals surface area contributed by atoms with Gasteiger partial charge in [-0.2, -0.15) is 5.26 Å². The summed E-state index contributed by atoms with van der Waals surface area (Å²) >= 11 is 10.7. The van der Waals surface area contributed by atoms with Crippen LogP contribution in [-0.4, -0.2) is 30.4 Å². The first-order chi connectivity index (χ1) is 18.3. The van der Waals surface area contributed by atoms with Crippen molar-refractivity contribution >= 4 is 50.9 Å². The average molecular weight is 609 g/mol. The smallest absolute Gasteiger partial charge is 0.237 e. The third-order valence-electron chi connectivity index (χ3n) is 5.70. The number of hydrogen-bond acceptors (Lipinski definition) is 6. The molecule has 3 aromatic carbocycles. The zero-order valence-corrected chi connectivity index (χ0v) is 23.9. The van der Waals surface area contributed by atoms with E-state index >= 15 is 0 Å². The summed E-state index contributed by atoms with van der Waals surface area (Å²) in [6, 6.07) is 24.3. The second-order valence-corrected chi connectivity index (χ2v) is 10.9. The molecule has 192 valence electrons. The number of anilines is 1. The molecule has 0 bridgehead atoms. The summed E-state index contributed by atoms with van der Waals surface area (Å²) in [5, 5.41) is 13.7. The van der Waals surface area contributed by atoms with Gasteiger partial charge in [0.15, 0.2) is 11.5 Å². The fourth-order valence-corrected chi connectivity index (χ4v) is 5.03. The largest absolute Gasteiger partial charge is 0.493 e. The Kier molecular flexibility index (Phi) is 8.95. The lowest BCUT2D eigenvalue weighted by Crippen LogP contribution is -2.22. The number of nitriles is 1. The molecule has 0 saturated carbocycles. The van der Waals surface area contributed by atoms with Gasteiger partial charge in [0.25, 0.3) is 0 Å². The Hall–Kier alpha value is -3.51. The number of ether oxygens (including phenoxy) is 2. The van der Waals surface area contributed by atoms with Gasteiger partial charge in [0.1, 0.15) is 11.1 Å². The van der Waals surface area contributed by atoms with Crippen molar-refractivity contribution in [2.75, 3.05) is 19.5 Å². The predicted octanol–water partition coefficient (Wildman–Crippen LogP) is 7.84. The van der Waals surface area contributed by atoms with Gasteiger partial charge in [-0.05, 0) is 67.1 Å². The summed E-state index contributed by atoms with van der Waals surface area (Å²) in [5.74, 6) is 0.914. The fourth-order valence-electron chi connectivity index (χ4n) is 3.71. The third-order valence-corrected chi connectivity index (χ3v) is 7.57. The molecule has 6 nitrogen and oxygen atoms in total. The van der Waals surface area contributed by atoms with Crippen molar-refractivity contribution in [1.29, 1.82) is 5.26 Å². The highest BCUT2D eigenvalue weighted by Crippen LogP contribution is 2.39. The zero-order chi connectivity index (χ0) is 27.2. The number of thioether (sulfide) groups is 1. The van der Waals surface area contributed by atoms with Crippen LogP contribution in [0.1, 0.15) is 12.5 Å². The van der Waals surface area contributed by atoms with Crippen LogP contribution in [0.5, 0.6) is 11.5 Å². The van der Waals surface area contributed by atoms with Crippen molar-refractivity contribution < 1.29 is 14.3 Å². The maximum Gasteiger partial charge on any atom is 0.237 e. The minimum atomic E-state index is -0.531. The average Bonchev–Trinajstić information content (AvgIpc) is 2.93. The summed E-state index contributed by atoms with van der Waals surface area (Å²) < 4.78 is 11.8. The molecule has 4 rings (SSSR count). The molecule has 0 aliphatic carbocycles. The van der Waals surface area contributed by atoms with E-state index in [9.17, 15) is 10.1 Å². The molecular weight excluding hydrogens is 586 g/mol. The van der Waals surface area contributed by atoms with E-state index in [1.165, 1.54) is 11.8 Å². The van der Waals surface area contributed by atoms with Crippen molar-refractivity contribution in [1.82, 2.24) is 4.98 Å². The van der Waals surface area contributed by atoms with Crippen LogP contribution in [0.4, 0.5) is 5.69 Å². The molecule has 1 N–H and O–H groups in total. The van der Waals surface area contributed by atoms with Gasteiger partial charge in [-0.3, -0.25) is 4.79 Å². The fraction of sp³-hybridized carbons (Fsp3) is 0.138. The lowest BCUT2D eigenvalue weighted by molar-refractivity contribution is -0.115. The summed E-state index contributed by atoms with van der Waals surface area (Å²) in [6.45, 7) is 1.78. The highest BCUT2D eigenvalue weighted by atomic mass is 79.9. The first-order valence-electron chi connectivity index (χ1n) is 11.5. The number of aromatic nitrogens is 1. The number of hydrogen-bond donors (Lipinski definition) is 1. The number of halogens is 2. The molecule has 9 heteroatoms. The van der Waals surface area contributed by atoms with Crippen LogP contribution < -0.4 is 14.8 Å². The minimum Gasteiger partial charge on any atom is -0.493 e. The molecule has 1 heterocycles. The van der Waals surface area contributed by atoms with Crippen molar-refractivity contribution in [2.24, 2.45) is 0 Å². The standard InChI is InChI=1S/C29H23BrClN3O3S/c1-17(28(35)33-22-11-7-20(30)8-12-22)38-29-24(16-32)23(19-6-13-26(36-2)27(14-19)37-3)15-25(34-29)18-4-9-21(31)10-5-18/h4-15,17H,1-3H3,(H,33,35). The lowest BCUT2D eigenvalue weighted by atomic mass is 9.99. The van der Waals surface area contributed by atoms with Crippen LogP contribution in [0.2, 0.25) is 5.02 Å². The molecule has 1 unspecified atom stereocenters. The highest BCUT2D eigenvalue weighted by molar-refractivity contribution is 9.10. The van der Waals surface area contributed by atoms with Crippen molar-refractivity contribution in [3.8, 4) is 40.0 Å². The van der Waals surface area contributed by atoms with Gasteiger partial charge >= 0.3 is 0 Å². The van der Waals surface area contributed by atoms with E-state index in [1.807, 2.05) is 54.6 Å². The van der Waals surface area contributed by atoms with Gasteiger partial charge in [-0.15, -0.1) is 0 Å². The molecule has 1 aromatic heterocycles. The SMILES string of the molecule is COc1ccc(-c2cc(-c3ccc(Cl)cc3)nc(SC(C)C(=O)Nc3ccc(Br)cc3)c2C#N)cc1OC. The van der Waals surface area contributed by atoms with Crippen LogP contribution in [0.3, 0.4) is 0 Å². The maximum atomic E-state index is 13.0. The van der Waals surface area contributed by atoms with E-state index < -0.39 is 5.25 Å². The Morgan fingerprint density at radius 3 is 2.29 bits per heavy atom. The normalized spacial score (nSPS) is 11.4. The number of rotatable bonds is 8. The Morgan fingerprint density at radius 1 is 1.00 bits per heavy atom. The molecule has 4 aromatic rings. The summed E-state index contributed by atoms with van der Waals surface area (Å²) in [4.78, 5) is 17.8. The third kappa shape index (κ3) is 6.30. The highest BCUT2D eigenvalue weighted by Gasteiger charge is 2.22. The lowest BCUT2D eigenvalue weighted by Gasteiger charge is -2.17. The Balaban J connectivity index is 1.77. The van der Waals surface area contributed by atoms with E-state index in [-0.39, 0.29) is 5.91 Å². The number of amides is 1. The maximum absolute atomic E-state index is 13.0. The number of pyridine rings is 1. The molecular formula is C29H23BrClN3O3S. The van der Waals surface area contributed by atoms with Crippen LogP contribution in [0.15, 0.2) is 82.3 Å². The minimum absolute atomic E-state index is 0.201. The van der Waals surface area contributed by atoms with Gasteiger partial charge in [-0.25, -0.2) is 4.98 Å². The van der Waals surface area contributed by atoms with E-state index in [0.29, 0.717) is 44.1 Å². The second-order valence-electron chi connectivity index (χ2n) is 8.18. The first kappa shape index (κ1) is 27.5. The van der Waals surface area contributed by atoms with E-state index in [1.54, 1.807) is 39.3 Å². The van der Waals surface area contributed by atoms with Crippen LogP contribution in [0.25, 0.3) is 22.4 Å². The molecule has 0 fully saturated rings. The zero-order valence-electron chi connectivity index (χ0n) is 20.8. The Labute approximate surface area is 239 Å². The molecule has 38 heavy (non-hydrogen) atoms. The number of benzene rings is 3. The number of methoxy groups -OCH3 is 2. The Bertz CT molecular complexity index is 1510. The molecule has 0 aliphatic rings. The van der Waals surface area contributed by atoms with Gasteiger partial charge < -0.3 is 14.8 Å². The van der Waals surface area contributed by atoms with E-state index in [2.05, 4.69) is 27.3 Å².